The highest BCUT2D eigenvalue weighted by Gasteiger charge is 2.21. The first-order chi connectivity index (χ1) is 7.63. The Kier molecular flexibility index (Phi) is 3.95. The lowest BCUT2D eigenvalue weighted by Gasteiger charge is -2.35. The minimum absolute atomic E-state index is 0.323. The fraction of sp³-hybridized carbons (Fsp3) is 0.583. The van der Waals surface area contributed by atoms with E-state index in [0.29, 0.717) is 12.2 Å². The number of ether oxygens (including phenoxy) is 1. The third kappa shape index (κ3) is 3.27. The monoisotopic (exact) mass is 284 g/mol. The third-order valence-electron chi connectivity index (χ3n) is 2.66. The summed E-state index contributed by atoms with van der Waals surface area (Å²) >= 11 is 3.44. The number of pyridine rings is 1. The Labute approximate surface area is 105 Å². The fourth-order valence-electron chi connectivity index (χ4n) is 2.21. The zero-order valence-corrected chi connectivity index (χ0v) is 11.3. The molecule has 0 bridgehead atoms. The molecule has 0 amide bonds. The summed E-state index contributed by atoms with van der Waals surface area (Å²) in [6, 6.07) is 2.12. The second-order valence-electron chi connectivity index (χ2n) is 4.46. The summed E-state index contributed by atoms with van der Waals surface area (Å²) in [6.45, 7) is 7.20. The highest BCUT2D eigenvalue weighted by atomic mass is 79.9. The van der Waals surface area contributed by atoms with Gasteiger partial charge in [-0.15, -0.1) is 0 Å². The largest absolute Gasteiger partial charge is 0.373 e. The molecule has 0 radical (unpaired) electrons. The number of hydrogen-bond donors (Lipinski definition) is 0. The molecule has 4 heteroatoms. The van der Waals surface area contributed by atoms with Crippen LogP contribution in [-0.4, -0.2) is 35.2 Å². The van der Waals surface area contributed by atoms with Crippen molar-refractivity contribution in [3.8, 4) is 0 Å². The number of rotatable bonds is 2. The number of halogens is 1. The first kappa shape index (κ1) is 12.0. The summed E-state index contributed by atoms with van der Waals surface area (Å²) in [5.74, 6) is 0. The zero-order valence-electron chi connectivity index (χ0n) is 9.69. The van der Waals surface area contributed by atoms with Gasteiger partial charge in [-0.2, -0.15) is 0 Å². The maximum Gasteiger partial charge on any atom is 0.0678 e. The van der Waals surface area contributed by atoms with Gasteiger partial charge in [-0.3, -0.25) is 9.88 Å². The average molecular weight is 285 g/mol. The van der Waals surface area contributed by atoms with Gasteiger partial charge in [-0.25, -0.2) is 0 Å². The van der Waals surface area contributed by atoms with Gasteiger partial charge in [0.2, 0.25) is 0 Å². The van der Waals surface area contributed by atoms with Crippen molar-refractivity contribution in [3.63, 3.8) is 0 Å². The summed E-state index contributed by atoms with van der Waals surface area (Å²) in [6.07, 6.45) is 4.39. The van der Waals surface area contributed by atoms with Gasteiger partial charge in [0.15, 0.2) is 0 Å². The Hall–Kier alpha value is -0.450. The minimum Gasteiger partial charge on any atom is -0.373 e. The van der Waals surface area contributed by atoms with E-state index < -0.39 is 0 Å². The number of aromatic nitrogens is 1. The highest BCUT2D eigenvalue weighted by molar-refractivity contribution is 9.10. The molecule has 16 heavy (non-hydrogen) atoms. The van der Waals surface area contributed by atoms with Gasteiger partial charge >= 0.3 is 0 Å². The van der Waals surface area contributed by atoms with Crippen LogP contribution < -0.4 is 0 Å². The maximum atomic E-state index is 5.71. The smallest absolute Gasteiger partial charge is 0.0678 e. The lowest BCUT2D eigenvalue weighted by molar-refractivity contribution is -0.0705. The lowest BCUT2D eigenvalue weighted by Crippen LogP contribution is -2.44. The molecule has 0 N–H and O–H groups in total. The van der Waals surface area contributed by atoms with Crippen molar-refractivity contribution in [1.82, 2.24) is 9.88 Å². The standard InChI is InChI=1S/C12H17BrN2O/c1-9-6-15(7-10(2)16-9)8-11-3-12(13)5-14-4-11/h3-5,9-10H,6-8H2,1-2H3. The quantitative estimate of drug-likeness (QED) is 0.834. The SMILES string of the molecule is CC1CN(Cc2cncc(Br)c2)CC(C)O1. The second-order valence-corrected chi connectivity index (χ2v) is 5.38. The highest BCUT2D eigenvalue weighted by Crippen LogP contribution is 2.16. The van der Waals surface area contributed by atoms with E-state index >= 15 is 0 Å². The molecule has 88 valence electrons. The van der Waals surface area contributed by atoms with Crippen molar-refractivity contribution in [1.29, 1.82) is 0 Å². The Morgan fingerprint density at radius 1 is 1.38 bits per heavy atom. The van der Waals surface area contributed by atoms with Gasteiger partial charge in [0.25, 0.3) is 0 Å². The third-order valence-corrected chi connectivity index (χ3v) is 3.10. The molecule has 1 aromatic rings. The van der Waals surface area contributed by atoms with Crippen molar-refractivity contribution < 1.29 is 4.74 Å². The fourth-order valence-corrected chi connectivity index (χ4v) is 2.63. The first-order valence-electron chi connectivity index (χ1n) is 5.60. The summed E-state index contributed by atoms with van der Waals surface area (Å²) in [4.78, 5) is 6.60. The van der Waals surface area contributed by atoms with Gasteiger partial charge in [-0.1, -0.05) is 0 Å². The van der Waals surface area contributed by atoms with Gasteiger partial charge in [0.1, 0.15) is 0 Å². The summed E-state index contributed by atoms with van der Waals surface area (Å²) in [5, 5.41) is 0. The lowest BCUT2D eigenvalue weighted by atomic mass is 10.2. The number of hydrogen-bond acceptors (Lipinski definition) is 3. The van der Waals surface area contributed by atoms with Crippen LogP contribution in [-0.2, 0) is 11.3 Å². The van der Waals surface area contributed by atoms with Crippen LogP contribution in [0.15, 0.2) is 22.9 Å². The van der Waals surface area contributed by atoms with E-state index in [4.69, 9.17) is 4.74 Å². The topological polar surface area (TPSA) is 25.4 Å². The first-order valence-corrected chi connectivity index (χ1v) is 6.40. The molecule has 1 fully saturated rings. The summed E-state index contributed by atoms with van der Waals surface area (Å²) in [5.41, 5.74) is 1.25. The van der Waals surface area contributed by atoms with E-state index in [1.807, 2.05) is 12.4 Å². The van der Waals surface area contributed by atoms with Crippen molar-refractivity contribution >= 4 is 15.9 Å². The molecule has 1 aliphatic heterocycles. The predicted octanol–water partition coefficient (Wildman–Crippen LogP) is 2.45. The van der Waals surface area contributed by atoms with Crippen LogP contribution in [0.2, 0.25) is 0 Å². The van der Waals surface area contributed by atoms with Gasteiger partial charge in [0, 0.05) is 36.5 Å². The number of morpholine rings is 1. The Balaban J connectivity index is 1.98. The normalized spacial score (nSPS) is 26.9. The molecule has 1 aromatic heterocycles. The van der Waals surface area contributed by atoms with Crippen LogP contribution in [0.1, 0.15) is 19.4 Å². The van der Waals surface area contributed by atoms with Gasteiger partial charge in [-0.05, 0) is 41.4 Å². The van der Waals surface area contributed by atoms with Crippen LogP contribution in [0.5, 0.6) is 0 Å². The molecule has 2 rings (SSSR count). The molecular weight excluding hydrogens is 268 g/mol. The average Bonchev–Trinajstić information content (AvgIpc) is 2.15. The molecule has 2 atom stereocenters. The van der Waals surface area contributed by atoms with E-state index in [2.05, 4.69) is 45.7 Å². The van der Waals surface area contributed by atoms with Crippen LogP contribution in [0, 0.1) is 0 Å². The van der Waals surface area contributed by atoms with Crippen molar-refractivity contribution in [2.45, 2.75) is 32.6 Å². The molecule has 1 aliphatic rings. The summed E-state index contributed by atoms with van der Waals surface area (Å²) in [7, 11) is 0. The maximum absolute atomic E-state index is 5.71. The zero-order chi connectivity index (χ0) is 11.5. The van der Waals surface area contributed by atoms with E-state index in [1.54, 1.807) is 0 Å². The van der Waals surface area contributed by atoms with Crippen molar-refractivity contribution in [3.05, 3.63) is 28.5 Å². The van der Waals surface area contributed by atoms with Crippen molar-refractivity contribution in [2.75, 3.05) is 13.1 Å². The van der Waals surface area contributed by atoms with E-state index in [-0.39, 0.29) is 0 Å². The molecule has 0 aliphatic carbocycles. The Bertz CT molecular complexity index is 349. The van der Waals surface area contributed by atoms with Gasteiger partial charge < -0.3 is 4.74 Å². The van der Waals surface area contributed by atoms with E-state index in [1.165, 1.54) is 5.56 Å². The van der Waals surface area contributed by atoms with E-state index in [0.717, 1.165) is 24.1 Å². The molecular formula is C12H17BrN2O. The molecule has 2 unspecified atom stereocenters. The van der Waals surface area contributed by atoms with Crippen molar-refractivity contribution in [2.24, 2.45) is 0 Å². The van der Waals surface area contributed by atoms with E-state index in [9.17, 15) is 0 Å². The van der Waals surface area contributed by atoms with Crippen LogP contribution in [0.4, 0.5) is 0 Å². The minimum atomic E-state index is 0.323. The molecule has 3 nitrogen and oxygen atoms in total. The predicted molar refractivity (Wildman–Crippen MR) is 67.2 cm³/mol. The molecule has 0 saturated carbocycles. The van der Waals surface area contributed by atoms with Gasteiger partial charge in [0.05, 0.1) is 12.2 Å². The van der Waals surface area contributed by atoms with Crippen LogP contribution >= 0.6 is 15.9 Å². The summed E-state index contributed by atoms with van der Waals surface area (Å²) < 4.78 is 6.75. The Morgan fingerprint density at radius 2 is 2.06 bits per heavy atom. The number of nitrogens with zero attached hydrogens (tertiary/aromatic N) is 2. The second kappa shape index (κ2) is 5.25. The Morgan fingerprint density at radius 3 is 2.69 bits per heavy atom. The molecule has 0 spiro atoms. The molecule has 0 aromatic carbocycles. The molecule has 1 saturated heterocycles. The molecule has 2 heterocycles. The van der Waals surface area contributed by atoms with Crippen LogP contribution in [0.25, 0.3) is 0 Å². The van der Waals surface area contributed by atoms with Crippen LogP contribution in [0.3, 0.4) is 0 Å².